The Morgan fingerprint density at radius 2 is 2.18 bits per heavy atom. The van der Waals surface area contributed by atoms with E-state index in [9.17, 15) is 8.42 Å². The zero-order valence-corrected chi connectivity index (χ0v) is 11.1. The molecule has 0 bridgehead atoms. The highest BCUT2D eigenvalue weighted by atomic mass is 35.5. The van der Waals surface area contributed by atoms with Gasteiger partial charge in [0.25, 0.3) is 0 Å². The topological polar surface area (TPSA) is 63.4 Å². The molecule has 1 saturated heterocycles. The average Bonchev–Trinajstić information content (AvgIpc) is 2.19. The van der Waals surface area contributed by atoms with Gasteiger partial charge in [0.2, 0.25) is 0 Å². The zero-order chi connectivity index (χ0) is 12.6. The van der Waals surface area contributed by atoms with Crippen LogP contribution in [-0.2, 0) is 9.84 Å². The third-order valence-corrected chi connectivity index (χ3v) is 5.08. The van der Waals surface area contributed by atoms with E-state index >= 15 is 0 Å². The maximum absolute atomic E-state index is 11.5. The molecule has 6 heteroatoms. The lowest BCUT2D eigenvalue weighted by Crippen LogP contribution is -2.47. The van der Waals surface area contributed by atoms with E-state index in [0.29, 0.717) is 17.3 Å². The number of nitrogens with zero attached hydrogens (tertiary/aromatic N) is 1. The van der Waals surface area contributed by atoms with E-state index < -0.39 is 9.84 Å². The molecule has 94 valence electrons. The summed E-state index contributed by atoms with van der Waals surface area (Å²) in [6.07, 6.45) is 0. The van der Waals surface area contributed by atoms with Gasteiger partial charge in [0.05, 0.1) is 27.9 Å². The van der Waals surface area contributed by atoms with Crippen molar-refractivity contribution in [3.63, 3.8) is 0 Å². The maximum Gasteiger partial charge on any atom is 0.154 e. The van der Waals surface area contributed by atoms with Crippen LogP contribution in [0.3, 0.4) is 0 Å². The second-order valence-electron chi connectivity index (χ2n) is 4.33. The van der Waals surface area contributed by atoms with Crippen molar-refractivity contribution in [2.75, 3.05) is 28.7 Å². The van der Waals surface area contributed by atoms with Crippen LogP contribution in [0.2, 0.25) is 5.02 Å². The number of benzene rings is 1. The quantitative estimate of drug-likeness (QED) is 0.789. The van der Waals surface area contributed by atoms with E-state index in [1.165, 1.54) is 0 Å². The van der Waals surface area contributed by atoms with Gasteiger partial charge in [0, 0.05) is 12.6 Å². The predicted octanol–water partition coefficient (Wildman–Crippen LogP) is 1.55. The van der Waals surface area contributed by atoms with Gasteiger partial charge in [-0.3, -0.25) is 0 Å². The normalized spacial score (nSPS) is 23.6. The van der Waals surface area contributed by atoms with E-state index in [1.807, 2.05) is 11.8 Å². The SMILES string of the molecule is CC1CS(=O)(=O)CCN1c1c(N)cccc1Cl. The van der Waals surface area contributed by atoms with Crippen LogP contribution < -0.4 is 10.6 Å². The summed E-state index contributed by atoms with van der Waals surface area (Å²) in [6.45, 7) is 2.32. The second kappa shape index (κ2) is 4.38. The molecule has 0 radical (unpaired) electrons. The molecule has 1 aromatic carbocycles. The van der Waals surface area contributed by atoms with Crippen LogP contribution in [0.4, 0.5) is 11.4 Å². The lowest BCUT2D eigenvalue weighted by molar-refractivity contribution is 0.568. The highest BCUT2D eigenvalue weighted by Gasteiger charge is 2.30. The van der Waals surface area contributed by atoms with Gasteiger partial charge < -0.3 is 10.6 Å². The molecule has 1 aliphatic heterocycles. The van der Waals surface area contributed by atoms with Crippen molar-refractivity contribution in [2.24, 2.45) is 0 Å². The first-order valence-electron chi connectivity index (χ1n) is 5.42. The number of hydrogen-bond acceptors (Lipinski definition) is 4. The first-order chi connectivity index (χ1) is 7.91. The molecule has 1 unspecified atom stereocenters. The van der Waals surface area contributed by atoms with Crippen LogP contribution in [-0.4, -0.2) is 32.5 Å². The summed E-state index contributed by atoms with van der Waals surface area (Å²) in [5.41, 5.74) is 7.24. The minimum absolute atomic E-state index is 0.101. The van der Waals surface area contributed by atoms with Crippen LogP contribution in [0, 0.1) is 0 Å². The van der Waals surface area contributed by atoms with Crippen LogP contribution in [0.25, 0.3) is 0 Å². The van der Waals surface area contributed by atoms with Gasteiger partial charge in [-0.05, 0) is 19.1 Å². The molecule has 0 aromatic heterocycles. The van der Waals surface area contributed by atoms with Crippen molar-refractivity contribution in [1.29, 1.82) is 0 Å². The molecule has 17 heavy (non-hydrogen) atoms. The molecular formula is C11H15ClN2O2S. The van der Waals surface area contributed by atoms with Gasteiger partial charge in [-0.25, -0.2) is 8.42 Å². The van der Waals surface area contributed by atoms with Crippen molar-refractivity contribution >= 4 is 32.8 Å². The van der Waals surface area contributed by atoms with Crippen molar-refractivity contribution < 1.29 is 8.42 Å². The van der Waals surface area contributed by atoms with Crippen LogP contribution in [0.5, 0.6) is 0 Å². The van der Waals surface area contributed by atoms with E-state index in [1.54, 1.807) is 18.2 Å². The molecule has 0 saturated carbocycles. The maximum atomic E-state index is 11.5. The highest BCUT2D eigenvalue weighted by Crippen LogP contribution is 2.34. The molecule has 2 N–H and O–H groups in total. The number of anilines is 2. The van der Waals surface area contributed by atoms with Crippen LogP contribution >= 0.6 is 11.6 Å². The first kappa shape index (κ1) is 12.5. The Morgan fingerprint density at radius 3 is 2.76 bits per heavy atom. The molecule has 1 heterocycles. The lowest BCUT2D eigenvalue weighted by Gasteiger charge is -2.36. The number of rotatable bonds is 1. The molecule has 1 aliphatic rings. The van der Waals surface area contributed by atoms with Crippen LogP contribution in [0.15, 0.2) is 18.2 Å². The summed E-state index contributed by atoms with van der Waals surface area (Å²) in [5, 5.41) is 0.566. The van der Waals surface area contributed by atoms with E-state index in [0.717, 1.165) is 5.69 Å². The Hall–Kier alpha value is -0.940. The molecule has 4 nitrogen and oxygen atoms in total. The van der Waals surface area contributed by atoms with E-state index in [4.69, 9.17) is 17.3 Å². The monoisotopic (exact) mass is 274 g/mol. The number of halogens is 1. The Balaban J connectivity index is 2.36. The van der Waals surface area contributed by atoms with Gasteiger partial charge in [0.15, 0.2) is 9.84 Å². The molecule has 1 aromatic rings. The van der Waals surface area contributed by atoms with Gasteiger partial charge in [0.1, 0.15) is 0 Å². The molecule has 2 rings (SSSR count). The van der Waals surface area contributed by atoms with Gasteiger partial charge in [-0.15, -0.1) is 0 Å². The zero-order valence-electron chi connectivity index (χ0n) is 9.56. The summed E-state index contributed by atoms with van der Waals surface area (Å²) in [4.78, 5) is 1.97. The molecule has 0 spiro atoms. The minimum Gasteiger partial charge on any atom is -0.397 e. The Kier molecular flexibility index (Phi) is 3.23. The summed E-state index contributed by atoms with van der Waals surface area (Å²) >= 11 is 6.13. The predicted molar refractivity (Wildman–Crippen MR) is 71.3 cm³/mol. The number of nitrogen functional groups attached to an aromatic ring is 1. The third-order valence-electron chi connectivity index (χ3n) is 2.98. The molecular weight excluding hydrogens is 260 g/mol. The van der Waals surface area contributed by atoms with Gasteiger partial charge in [-0.2, -0.15) is 0 Å². The van der Waals surface area contributed by atoms with Crippen molar-refractivity contribution in [1.82, 2.24) is 0 Å². The molecule has 0 amide bonds. The van der Waals surface area contributed by atoms with E-state index in [-0.39, 0.29) is 17.5 Å². The van der Waals surface area contributed by atoms with Gasteiger partial charge in [-0.1, -0.05) is 17.7 Å². The summed E-state index contributed by atoms with van der Waals surface area (Å²) in [5.74, 6) is 0.305. The highest BCUT2D eigenvalue weighted by molar-refractivity contribution is 7.91. The summed E-state index contributed by atoms with van der Waals surface area (Å²) < 4.78 is 23.0. The van der Waals surface area contributed by atoms with Crippen LogP contribution in [0.1, 0.15) is 6.92 Å². The number of hydrogen-bond donors (Lipinski definition) is 1. The smallest absolute Gasteiger partial charge is 0.154 e. The minimum atomic E-state index is -2.92. The Morgan fingerprint density at radius 1 is 1.47 bits per heavy atom. The summed E-state index contributed by atoms with van der Waals surface area (Å²) in [7, 11) is -2.92. The van der Waals surface area contributed by atoms with Crippen molar-refractivity contribution in [3.05, 3.63) is 23.2 Å². The molecule has 0 aliphatic carbocycles. The van der Waals surface area contributed by atoms with Crippen molar-refractivity contribution in [2.45, 2.75) is 13.0 Å². The molecule has 1 atom stereocenters. The average molecular weight is 275 g/mol. The fraction of sp³-hybridized carbons (Fsp3) is 0.455. The number of para-hydroxylation sites is 1. The first-order valence-corrected chi connectivity index (χ1v) is 7.62. The Labute approximate surface area is 106 Å². The standard InChI is InChI=1S/C11H15ClN2O2S/c1-8-7-17(15,16)6-5-14(8)11-9(12)3-2-4-10(11)13/h2-4,8H,5-7,13H2,1H3. The Bertz CT molecular complexity index is 510. The second-order valence-corrected chi connectivity index (χ2v) is 6.97. The largest absolute Gasteiger partial charge is 0.397 e. The van der Waals surface area contributed by atoms with Crippen molar-refractivity contribution in [3.8, 4) is 0 Å². The molecule has 1 fully saturated rings. The lowest BCUT2D eigenvalue weighted by atomic mass is 10.2. The fourth-order valence-electron chi connectivity index (χ4n) is 2.17. The number of sulfone groups is 1. The fourth-order valence-corrected chi connectivity index (χ4v) is 4.01. The van der Waals surface area contributed by atoms with E-state index in [2.05, 4.69) is 0 Å². The van der Waals surface area contributed by atoms with Gasteiger partial charge >= 0.3 is 0 Å². The summed E-state index contributed by atoms with van der Waals surface area (Å²) in [6, 6.07) is 5.23. The number of nitrogens with two attached hydrogens (primary N) is 1. The third kappa shape index (κ3) is 2.50.